The molecule has 3 atom stereocenters. The molecule has 0 saturated carbocycles. The zero-order valence-corrected chi connectivity index (χ0v) is 23.5. The zero-order valence-electron chi connectivity index (χ0n) is 22.7. The number of urea groups is 1. The molecule has 5 amide bonds. The van der Waals surface area contributed by atoms with E-state index in [1.54, 1.807) is 0 Å². The minimum absolute atomic E-state index is 0.0668. The molecule has 0 bridgehead atoms. The number of hydrogen-bond acceptors (Lipinski definition) is 8. The molecule has 0 aromatic rings. The molecule has 3 rings (SSSR count). The van der Waals surface area contributed by atoms with Crippen LogP contribution < -0.4 is 16.0 Å². The molecule has 3 saturated heterocycles. The normalized spacial score (nSPS) is 22.0. The molecule has 0 aromatic heterocycles. The number of hydrogen-bond donors (Lipinski definition) is 3. The van der Waals surface area contributed by atoms with Crippen LogP contribution in [0.4, 0.5) is 4.79 Å². The van der Waals surface area contributed by atoms with Crippen LogP contribution in [0.2, 0.25) is 0 Å². The number of fused-ring (bicyclic) bond motifs is 1. The summed E-state index contributed by atoms with van der Waals surface area (Å²) in [6.07, 6.45) is 10.3. The van der Waals surface area contributed by atoms with Gasteiger partial charge in [0.2, 0.25) is 5.91 Å². The summed E-state index contributed by atoms with van der Waals surface area (Å²) in [6, 6.07) is 0.392. The van der Waals surface area contributed by atoms with Gasteiger partial charge >= 0.3 is 12.0 Å². The van der Waals surface area contributed by atoms with E-state index in [0.29, 0.717) is 42.5 Å². The van der Waals surface area contributed by atoms with Crippen molar-refractivity contribution in [3.63, 3.8) is 0 Å². The SMILES string of the molecule is O=C(CCCCCCC(=O)ON1C(=O)CCC1=O)CCCCCNC(=O)CCCCC1SC[C@@H]2NC(=O)N[C@H]12. The number of rotatable bonds is 19. The Kier molecular flexibility index (Phi) is 13.1. The summed E-state index contributed by atoms with van der Waals surface area (Å²) >= 11 is 1.90. The minimum Gasteiger partial charge on any atom is -0.356 e. The summed E-state index contributed by atoms with van der Waals surface area (Å²) in [7, 11) is 0. The highest BCUT2D eigenvalue weighted by Gasteiger charge is 2.42. The molecule has 1 unspecified atom stereocenters. The highest BCUT2D eigenvalue weighted by atomic mass is 32.2. The molecule has 3 N–H and O–H groups in total. The fraction of sp³-hybridized carbons (Fsp3) is 0.778. The molecule has 3 aliphatic rings. The van der Waals surface area contributed by atoms with Crippen LogP contribution in [0.1, 0.15) is 103 Å². The molecule has 3 fully saturated rings. The van der Waals surface area contributed by atoms with Gasteiger partial charge in [0.15, 0.2) is 0 Å². The number of thioether (sulfide) groups is 1. The van der Waals surface area contributed by atoms with Gasteiger partial charge in [-0.25, -0.2) is 9.59 Å². The van der Waals surface area contributed by atoms with Gasteiger partial charge in [-0.2, -0.15) is 11.8 Å². The average molecular weight is 567 g/mol. The standard InChI is InChI=1S/C27H42N4O7S/c32-19(10-4-1-2-6-14-25(36)38-31-23(34)15-16-24(31)35)11-5-3-9-17-28-22(33)13-8-7-12-21-26-20(18-39-21)29-27(37)30-26/h20-21,26H,1-18H2,(H,28,33)(H2,29,30,37)/t20-,21?,26-/m0/s1. The third kappa shape index (κ3) is 10.8. The lowest BCUT2D eigenvalue weighted by molar-refractivity contribution is -0.197. The van der Waals surface area contributed by atoms with Gasteiger partial charge < -0.3 is 20.8 Å². The summed E-state index contributed by atoms with van der Waals surface area (Å²) in [5.41, 5.74) is 0. The number of amides is 5. The van der Waals surface area contributed by atoms with Gasteiger partial charge in [-0.3, -0.25) is 19.2 Å². The number of hydroxylamine groups is 2. The second kappa shape index (κ2) is 16.5. The lowest BCUT2D eigenvalue weighted by Gasteiger charge is -2.16. The summed E-state index contributed by atoms with van der Waals surface area (Å²) in [6.45, 7) is 0.634. The molecular formula is C27H42N4O7S. The highest BCUT2D eigenvalue weighted by Crippen LogP contribution is 2.33. The third-order valence-corrected chi connectivity index (χ3v) is 8.83. The van der Waals surface area contributed by atoms with E-state index in [1.807, 2.05) is 11.8 Å². The number of carbonyl (C=O) groups is 6. The molecule has 3 aliphatic heterocycles. The summed E-state index contributed by atoms with van der Waals surface area (Å²) in [5.74, 6) is -0.266. The predicted octanol–water partition coefficient (Wildman–Crippen LogP) is 2.91. The molecule has 0 radical (unpaired) electrons. The Morgan fingerprint density at radius 1 is 0.821 bits per heavy atom. The van der Waals surface area contributed by atoms with Crippen LogP contribution >= 0.6 is 11.8 Å². The maximum absolute atomic E-state index is 12.1. The van der Waals surface area contributed by atoms with Crippen molar-refractivity contribution in [2.24, 2.45) is 0 Å². The van der Waals surface area contributed by atoms with Crippen molar-refractivity contribution in [3.05, 3.63) is 0 Å². The monoisotopic (exact) mass is 566 g/mol. The van der Waals surface area contributed by atoms with E-state index in [1.165, 1.54) is 0 Å². The van der Waals surface area contributed by atoms with Crippen molar-refractivity contribution in [2.45, 2.75) is 120 Å². The van der Waals surface area contributed by atoms with Gasteiger partial charge in [-0.05, 0) is 38.5 Å². The third-order valence-electron chi connectivity index (χ3n) is 7.32. The lowest BCUT2D eigenvalue weighted by atomic mass is 10.0. The van der Waals surface area contributed by atoms with Gasteiger partial charge in [0.1, 0.15) is 5.78 Å². The molecule has 12 heteroatoms. The zero-order chi connectivity index (χ0) is 28.0. The van der Waals surface area contributed by atoms with Gasteiger partial charge in [-0.15, -0.1) is 5.06 Å². The fourth-order valence-corrected chi connectivity index (χ4v) is 6.63. The molecule has 11 nitrogen and oxygen atoms in total. The van der Waals surface area contributed by atoms with Crippen LogP contribution in [-0.2, 0) is 28.8 Å². The van der Waals surface area contributed by atoms with E-state index in [0.717, 1.165) is 63.5 Å². The van der Waals surface area contributed by atoms with E-state index >= 15 is 0 Å². The number of imide groups is 1. The minimum atomic E-state index is -0.582. The van der Waals surface area contributed by atoms with E-state index in [2.05, 4.69) is 16.0 Å². The van der Waals surface area contributed by atoms with Crippen LogP contribution in [0.15, 0.2) is 0 Å². The van der Waals surface area contributed by atoms with Gasteiger partial charge in [-0.1, -0.05) is 25.7 Å². The van der Waals surface area contributed by atoms with Crippen LogP contribution in [0.3, 0.4) is 0 Å². The quantitative estimate of drug-likeness (QED) is 0.123. The summed E-state index contributed by atoms with van der Waals surface area (Å²) < 4.78 is 0. The Labute approximate surface area is 234 Å². The Morgan fingerprint density at radius 3 is 2.18 bits per heavy atom. The van der Waals surface area contributed by atoms with Crippen molar-refractivity contribution >= 4 is 47.3 Å². The second-order valence-electron chi connectivity index (χ2n) is 10.5. The van der Waals surface area contributed by atoms with Crippen LogP contribution in [0.25, 0.3) is 0 Å². The molecule has 0 aromatic carbocycles. The first-order chi connectivity index (χ1) is 18.8. The van der Waals surface area contributed by atoms with Crippen molar-refractivity contribution in [1.82, 2.24) is 21.0 Å². The molecule has 0 aliphatic carbocycles. The van der Waals surface area contributed by atoms with E-state index in [-0.39, 0.29) is 49.1 Å². The lowest BCUT2D eigenvalue weighted by Crippen LogP contribution is -2.36. The number of unbranched alkanes of at least 4 members (excludes halogenated alkanes) is 6. The number of Topliss-reactive ketones (excluding diaryl/α,β-unsaturated/α-hetero) is 1. The Morgan fingerprint density at radius 2 is 1.46 bits per heavy atom. The van der Waals surface area contributed by atoms with Gasteiger partial charge in [0.25, 0.3) is 11.8 Å². The largest absolute Gasteiger partial charge is 0.356 e. The summed E-state index contributed by atoms with van der Waals surface area (Å²) in [4.78, 5) is 75.0. The number of ketones is 1. The molecule has 218 valence electrons. The first kappa shape index (κ1) is 30.9. The predicted molar refractivity (Wildman–Crippen MR) is 145 cm³/mol. The van der Waals surface area contributed by atoms with E-state index in [4.69, 9.17) is 4.84 Å². The maximum atomic E-state index is 12.1. The molecule has 0 spiro atoms. The second-order valence-corrected chi connectivity index (χ2v) is 11.8. The highest BCUT2D eigenvalue weighted by molar-refractivity contribution is 8.00. The first-order valence-corrected chi connectivity index (χ1v) is 15.4. The number of nitrogens with zero attached hydrogens (tertiary/aromatic N) is 1. The number of carbonyl (C=O) groups excluding carboxylic acids is 6. The van der Waals surface area contributed by atoms with Crippen LogP contribution in [-0.4, -0.2) is 70.2 Å². The Balaban J connectivity index is 1.06. The molecule has 3 heterocycles. The first-order valence-electron chi connectivity index (χ1n) is 14.4. The Bertz CT molecular complexity index is 883. The Hall–Kier alpha value is -2.63. The van der Waals surface area contributed by atoms with E-state index in [9.17, 15) is 28.8 Å². The smallest absolute Gasteiger partial charge is 0.333 e. The van der Waals surface area contributed by atoms with Crippen LogP contribution in [0.5, 0.6) is 0 Å². The van der Waals surface area contributed by atoms with Crippen molar-refractivity contribution in [1.29, 1.82) is 0 Å². The van der Waals surface area contributed by atoms with Crippen molar-refractivity contribution in [2.75, 3.05) is 12.3 Å². The van der Waals surface area contributed by atoms with Gasteiger partial charge in [0.05, 0.1) is 12.1 Å². The van der Waals surface area contributed by atoms with Crippen LogP contribution in [0, 0.1) is 0 Å². The molecule has 39 heavy (non-hydrogen) atoms. The van der Waals surface area contributed by atoms with Gasteiger partial charge in [0, 0.05) is 56.1 Å². The number of nitrogens with one attached hydrogen (secondary N) is 3. The molecular weight excluding hydrogens is 524 g/mol. The topological polar surface area (TPSA) is 151 Å². The van der Waals surface area contributed by atoms with Crippen molar-refractivity contribution < 1.29 is 33.6 Å². The summed E-state index contributed by atoms with van der Waals surface area (Å²) in [5, 5.41) is 9.90. The maximum Gasteiger partial charge on any atom is 0.333 e. The fourth-order valence-electron chi connectivity index (χ4n) is 5.09. The van der Waals surface area contributed by atoms with Crippen molar-refractivity contribution in [3.8, 4) is 0 Å². The average Bonchev–Trinajstić information content (AvgIpc) is 3.56. The van der Waals surface area contributed by atoms with E-state index < -0.39 is 17.8 Å².